The highest BCUT2D eigenvalue weighted by molar-refractivity contribution is 8.76. The second kappa shape index (κ2) is 22.5. The molecular formula is C34H43N11O14S2. The van der Waals surface area contributed by atoms with Crippen molar-refractivity contribution in [2.45, 2.75) is 62.1 Å². The fraction of sp³-hybridized carbons (Fsp3) is 0.441. The lowest BCUT2D eigenvalue weighted by Crippen LogP contribution is -2.66. The molecule has 3 heterocycles. The molecule has 0 radical (unpaired) electrons. The summed E-state index contributed by atoms with van der Waals surface area (Å²) in [6, 6.07) is 0.756. The lowest BCUT2D eigenvalue weighted by molar-refractivity contribution is -0.252. The number of carboxylic acid groups (broad SMARTS) is 2. The summed E-state index contributed by atoms with van der Waals surface area (Å²) in [7, 11) is 5.14. The molecule has 3 aromatic rings. The topological polar surface area (TPSA) is 389 Å². The maximum absolute atomic E-state index is 13.0. The number of nitrogens with zero attached hydrogens (tertiary/aromatic N) is 3. The monoisotopic (exact) mass is 893 g/mol. The number of hydrogen-bond acceptors (Lipinski definition) is 19. The summed E-state index contributed by atoms with van der Waals surface area (Å²) >= 11 is 0. The number of nitrogens with two attached hydrogens (primary N) is 1. The summed E-state index contributed by atoms with van der Waals surface area (Å²) in [5.74, 6) is -6.76. The Balaban J connectivity index is 1.25. The number of nitrogen functional groups attached to an aromatic ring is 1. The third kappa shape index (κ3) is 13.7. The highest BCUT2D eigenvalue weighted by Crippen LogP contribution is 2.24. The number of carbonyl (C=O) groups excluding carboxylic acids is 5. The number of aliphatic hydroxyl groups excluding tert-OH is 2. The van der Waals surface area contributed by atoms with E-state index in [1.807, 2.05) is 0 Å². The van der Waals surface area contributed by atoms with Gasteiger partial charge in [0, 0.05) is 44.1 Å². The van der Waals surface area contributed by atoms with Gasteiger partial charge in [0.05, 0.1) is 30.6 Å². The van der Waals surface area contributed by atoms with Crippen LogP contribution in [-0.2, 0) is 44.8 Å². The van der Waals surface area contributed by atoms with Crippen molar-refractivity contribution in [3.63, 3.8) is 0 Å². The lowest BCUT2D eigenvalue weighted by atomic mass is 9.96. The number of benzene rings is 1. The van der Waals surface area contributed by atoms with Crippen molar-refractivity contribution < 1.29 is 63.5 Å². The number of rotatable bonds is 21. The minimum Gasteiger partial charge on any atom is -0.480 e. The normalized spacial score (nSPS) is 19.4. The van der Waals surface area contributed by atoms with Crippen LogP contribution in [0.3, 0.4) is 0 Å². The molecule has 4 rings (SSSR count). The molecule has 61 heavy (non-hydrogen) atoms. The summed E-state index contributed by atoms with van der Waals surface area (Å²) in [6.45, 7) is -0.673. The molecule has 330 valence electrons. The fourth-order valence-electron chi connectivity index (χ4n) is 5.43. The van der Waals surface area contributed by atoms with E-state index in [0.717, 1.165) is 7.11 Å². The van der Waals surface area contributed by atoms with Crippen molar-refractivity contribution in [2.75, 3.05) is 43.3 Å². The van der Waals surface area contributed by atoms with E-state index in [4.69, 9.17) is 15.2 Å². The van der Waals surface area contributed by atoms with Gasteiger partial charge in [0.25, 0.3) is 17.4 Å². The predicted molar refractivity (Wildman–Crippen MR) is 215 cm³/mol. The van der Waals surface area contributed by atoms with Crippen LogP contribution in [-0.4, -0.2) is 157 Å². The SMILES string of the molecule is CNC(=O)CSSCCC(=O)N[C@@H]1C(OC)OC(C(=O)NC[C@H](NC(=O)C[C@H](NC(=O)c2ccc(NCc3cnc4nc(N)[nH]c(=O)c4n3)cc2)C(=O)O)C(=O)O)C(O)[C@@H]1O. The quantitative estimate of drug-likeness (QED) is 0.0361. The van der Waals surface area contributed by atoms with E-state index in [0.29, 0.717) is 17.1 Å². The van der Waals surface area contributed by atoms with E-state index in [1.54, 1.807) is 0 Å². The van der Waals surface area contributed by atoms with Gasteiger partial charge < -0.3 is 67.5 Å². The molecule has 1 aliphatic rings. The van der Waals surface area contributed by atoms with Crippen molar-refractivity contribution in [3.05, 3.63) is 52.1 Å². The van der Waals surface area contributed by atoms with Crippen LogP contribution in [0.4, 0.5) is 11.6 Å². The van der Waals surface area contributed by atoms with Crippen molar-refractivity contribution in [2.24, 2.45) is 0 Å². The van der Waals surface area contributed by atoms with Crippen LogP contribution >= 0.6 is 21.6 Å². The highest BCUT2D eigenvalue weighted by atomic mass is 33.1. The van der Waals surface area contributed by atoms with Gasteiger partial charge in [0.2, 0.25) is 23.7 Å². The Labute approximate surface area is 352 Å². The molecule has 7 atom stereocenters. The molecule has 0 spiro atoms. The predicted octanol–water partition coefficient (Wildman–Crippen LogP) is -3.74. The van der Waals surface area contributed by atoms with E-state index in [-0.39, 0.29) is 47.3 Å². The van der Waals surface area contributed by atoms with Gasteiger partial charge in [-0.05, 0) is 24.3 Å². The van der Waals surface area contributed by atoms with Gasteiger partial charge >= 0.3 is 11.9 Å². The standard InChI is InChI=1S/C34H43N11O14S2/c1-36-21(48)13-61-60-8-7-19(46)43-22-24(49)25(50)26(59-33(22)58-2)30(53)39-12-18(32(56)57)41-20(47)9-17(31(54)55)42-28(51)14-3-5-15(6-4-14)37-10-16-11-38-27-23(40-16)29(52)45-34(35)44-27/h3-6,11,17-18,22,24-26,33,37,49-50H,7-10,12-13H2,1-2H3,(H,36,48)(H,39,53)(H,41,47)(H,42,51)(H,43,46)(H,54,55)(H,56,57)(H3,35,38,44,45,52)/t17-,18-,22-,24+,25?,26?,33?/m0/s1. The van der Waals surface area contributed by atoms with Crippen LogP contribution < -0.4 is 43.2 Å². The summed E-state index contributed by atoms with van der Waals surface area (Å²) in [4.78, 5) is 113. The first-order valence-electron chi connectivity index (χ1n) is 18.0. The number of carboxylic acids is 2. The first-order valence-corrected chi connectivity index (χ1v) is 20.5. The third-order valence-electron chi connectivity index (χ3n) is 8.60. The molecule has 0 saturated carbocycles. The zero-order chi connectivity index (χ0) is 44.8. The van der Waals surface area contributed by atoms with Crippen molar-refractivity contribution in [3.8, 4) is 0 Å². The van der Waals surface area contributed by atoms with Crippen molar-refractivity contribution in [1.29, 1.82) is 0 Å². The maximum Gasteiger partial charge on any atom is 0.328 e. The maximum atomic E-state index is 13.0. The minimum atomic E-state index is -1.93. The summed E-state index contributed by atoms with van der Waals surface area (Å²) in [5.41, 5.74) is 5.91. The molecule has 5 amide bonds. The average molecular weight is 894 g/mol. The van der Waals surface area contributed by atoms with E-state index in [1.165, 1.54) is 59.1 Å². The number of amides is 5. The number of anilines is 2. The molecule has 3 unspecified atom stereocenters. The molecule has 1 aliphatic heterocycles. The Morgan fingerprint density at radius 3 is 2.31 bits per heavy atom. The van der Waals surface area contributed by atoms with Gasteiger partial charge in [0.1, 0.15) is 30.3 Å². The third-order valence-corrected chi connectivity index (χ3v) is 10.9. The van der Waals surface area contributed by atoms with Crippen LogP contribution in [0.2, 0.25) is 0 Å². The van der Waals surface area contributed by atoms with Crippen LogP contribution in [0.25, 0.3) is 11.2 Å². The molecule has 2 aromatic heterocycles. The first-order chi connectivity index (χ1) is 29.0. The number of ether oxygens (including phenoxy) is 2. The van der Waals surface area contributed by atoms with E-state index in [9.17, 15) is 58.8 Å². The van der Waals surface area contributed by atoms with E-state index >= 15 is 0 Å². The summed E-state index contributed by atoms with van der Waals surface area (Å²) in [5, 5.41) is 55.3. The minimum absolute atomic E-state index is 0.00918. The zero-order valence-electron chi connectivity index (χ0n) is 32.3. The Morgan fingerprint density at radius 1 is 0.951 bits per heavy atom. The second-order valence-corrected chi connectivity index (χ2v) is 15.5. The number of aromatic nitrogens is 4. The molecule has 25 nitrogen and oxygen atoms in total. The Kier molecular flexibility index (Phi) is 17.5. The molecule has 0 bridgehead atoms. The van der Waals surface area contributed by atoms with Gasteiger partial charge in [-0.1, -0.05) is 21.6 Å². The number of methoxy groups -OCH3 is 1. The van der Waals surface area contributed by atoms with Crippen molar-refractivity contribution in [1.82, 2.24) is 46.5 Å². The molecule has 27 heteroatoms. The number of H-pyrrole nitrogens is 1. The number of fused-ring (bicyclic) bond motifs is 1. The number of aromatic amines is 1. The molecule has 1 fully saturated rings. The van der Waals surface area contributed by atoms with Gasteiger partial charge in [0.15, 0.2) is 23.6 Å². The van der Waals surface area contributed by atoms with E-state index < -0.39 is 96.8 Å². The fourth-order valence-corrected chi connectivity index (χ4v) is 7.32. The molecular weight excluding hydrogens is 851 g/mol. The summed E-state index contributed by atoms with van der Waals surface area (Å²) in [6.07, 6.45) is -6.54. The Hall–Kier alpha value is -6.13. The van der Waals surface area contributed by atoms with Gasteiger partial charge in [-0.25, -0.2) is 19.6 Å². The van der Waals surface area contributed by atoms with Crippen LogP contribution in [0.5, 0.6) is 0 Å². The molecule has 0 aliphatic carbocycles. The Morgan fingerprint density at radius 2 is 1.66 bits per heavy atom. The number of hydrogen-bond donors (Lipinski definition) is 12. The number of nitrogens with one attached hydrogen (secondary N) is 7. The zero-order valence-corrected chi connectivity index (χ0v) is 33.9. The van der Waals surface area contributed by atoms with Crippen LogP contribution in [0.15, 0.2) is 35.3 Å². The van der Waals surface area contributed by atoms with Crippen LogP contribution in [0, 0.1) is 0 Å². The van der Waals surface area contributed by atoms with Gasteiger partial charge in [-0.2, -0.15) is 4.98 Å². The molecule has 1 aromatic carbocycles. The Bertz CT molecular complexity index is 2150. The largest absolute Gasteiger partial charge is 0.480 e. The number of aliphatic carboxylic acids is 2. The molecule has 13 N–H and O–H groups in total. The lowest BCUT2D eigenvalue weighted by Gasteiger charge is -2.41. The second-order valence-electron chi connectivity index (χ2n) is 12.9. The average Bonchev–Trinajstić information content (AvgIpc) is 3.22. The van der Waals surface area contributed by atoms with Gasteiger partial charge in [-0.15, -0.1) is 0 Å². The smallest absolute Gasteiger partial charge is 0.328 e. The first kappa shape index (κ1) is 47.5. The van der Waals surface area contributed by atoms with E-state index in [2.05, 4.69) is 51.8 Å². The summed E-state index contributed by atoms with van der Waals surface area (Å²) < 4.78 is 10.7. The van der Waals surface area contributed by atoms with Gasteiger partial charge in [-0.3, -0.25) is 33.8 Å². The van der Waals surface area contributed by atoms with Crippen molar-refractivity contribution >= 4 is 85.9 Å². The van der Waals surface area contributed by atoms with Crippen LogP contribution in [0.1, 0.15) is 28.9 Å². The highest BCUT2D eigenvalue weighted by Gasteiger charge is 2.48. The number of carbonyl (C=O) groups is 7. The molecule has 1 saturated heterocycles. The number of aliphatic hydroxyl groups is 2.